The molecule has 0 aliphatic heterocycles. The maximum absolute atomic E-state index is 9.56. The van der Waals surface area contributed by atoms with Crippen LogP contribution in [-0.4, -0.2) is 21.8 Å². The van der Waals surface area contributed by atoms with E-state index in [0.717, 1.165) is 17.5 Å². The van der Waals surface area contributed by atoms with Crippen molar-refractivity contribution in [2.45, 2.75) is 26.7 Å². The lowest BCUT2D eigenvalue weighted by atomic mass is 10.1. The number of rotatable bonds is 3. The Labute approximate surface area is 78.1 Å². The summed E-state index contributed by atoms with van der Waals surface area (Å²) in [4.78, 5) is 4.06. The summed E-state index contributed by atoms with van der Waals surface area (Å²) < 4.78 is 0. The van der Waals surface area contributed by atoms with Gasteiger partial charge in [0.05, 0.1) is 5.69 Å². The number of aromatic hydroxyl groups is 1. The van der Waals surface area contributed by atoms with Crippen molar-refractivity contribution in [3.05, 3.63) is 23.0 Å². The second-order valence-corrected chi connectivity index (χ2v) is 3.17. The second-order valence-electron chi connectivity index (χ2n) is 3.17. The van der Waals surface area contributed by atoms with Crippen molar-refractivity contribution in [1.29, 1.82) is 0 Å². The highest BCUT2D eigenvalue weighted by Gasteiger charge is 2.06. The molecule has 1 heterocycles. The van der Waals surface area contributed by atoms with E-state index in [1.54, 1.807) is 13.1 Å². The molecular weight excluding hydrogens is 166 g/mol. The molecule has 0 fully saturated rings. The fourth-order valence-electron chi connectivity index (χ4n) is 1.28. The molecule has 0 aliphatic rings. The number of nitrogens with zero attached hydrogens (tertiary/aromatic N) is 1. The lowest BCUT2D eigenvalue weighted by Gasteiger charge is -2.07. The third-order valence-corrected chi connectivity index (χ3v) is 2.20. The van der Waals surface area contributed by atoms with E-state index in [4.69, 9.17) is 5.11 Å². The minimum absolute atomic E-state index is 0.175. The Hall–Kier alpha value is -1.09. The van der Waals surface area contributed by atoms with E-state index in [1.807, 2.05) is 6.92 Å². The molecule has 0 atom stereocenters. The molecule has 0 spiro atoms. The zero-order valence-electron chi connectivity index (χ0n) is 8.04. The number of pyridine rings is 1. The van der Waals surface area contributed by atoms with E-state index in [1.165, 1.54) is 0 Å². The number of aliphatic hydroxyl groups excluding tert-OH is 1. The molecule has 0 saturated heterocycles. The molecule has 1 aromatic rings. The summed E-state index contributed by atoms with van der Waals surface area (Å²) in [6, 6.07) is 0. The van der Waals surface area contributed by atoms with Crippen molar-refractivity contribution in [3.63, 3.8) is 0 Å². The smallest absolute Gasteiger partial charge is 0.139 e. The summed E-state index contributed by atoms with van der Waals surface area (Å²) in [6.45, 7) is 3.82. The largest absolute Gasteiger partial charge is 0.506 e. The minimum Gasteiger partial charge on any atom is -0.506 e. The van der Waals surface area contributed by atoms with Crippen molar-refractivity contribution in [1.82, 2.24) is 4.98 Å². The van der Waals surface area contributed by atoms with E-state index >= 15 is 0 Å². The highest BCUT2D eigenvalue weighted by atomic mass is 16.3. The fourth-order valence-corrected chi connectivity index (χ4v) is 1.28. The maximum atomic E-state index is 9.56. The van der Waals surface area contributed by atoms with Crippen molar-refractivity contribution in [2.75, 3.05) is 6.61 Å². The quantitative estimate of drug-likeness (QED) is 0.739. The molecule has 3 nitrogen and oxygen atoms in total. The predicted molar refractivity (Wildman–Crippen MR) is 50.8 cm³/mol. The normalized spacial score (nSPS) is 10.4. The molecule has 13 heavy (non-hydrogen) atoms. The number of aliphatic hydroxyl groups is 1. The van der Waals surface area contributed by atoms with Crippen LogP contribution in [0.25, 0.3) is 0 Å². The first-order valence-electron chi connectivity index (χ1n) is 4.41. The van der Waals surface area contributed by atoms with Crippen LogP contribution in [0.4, 0.5) is 0 Å². The number of hydrogen-bond acceptors (Lipinski definition) is 3. The summed E-state index contributed by atoms with van der Waals surface area (Å²) in [7, 11) is 0. The van der Waals surface area contributed by atoms with Gasteiger partial charge in [-0.2, -0.15) is 0 Å². The number of aromatic nitrogens is 1. The summed E-state index contributed by atoms with van der Waals surface area (Å²) >= 11 is 0. The van der Waals surface area contributed by atoms with Gasteiger partial charge in [0.25, 0.3) is 0 Å². The molecule has 72 valence electrons. The van der Waals surface area contributed by atoms with Crippen LogP contribution in [0.1, 0.15) is 23.2 Å². The van der Waals surface area contributed by atoms with Crippen molar-refractivity contribution >= 4 is 0 Å². The molecule has 3 heteroatoms. The van der Waals surface area contributed by atoms with Gasteiger partial charge in [0.15, 0.2) is 0 Å². The minimum atomic E-state index is 0.175. The van der Waals surface area contributed by atoms with Crippen molar-refractivity contribution in [3.8, 4) is 5.75 Å². The van der Waals surface area contributed by atoms with E-state index < -0.39 is 0 Å². The van der Waals surface area contributed by atoms with Crippen LogP contribution in [0.3, 0.4) is 0 Å². The first-order valence-corrected chi connectivity index (χ1v) is 4.41. The molecule has 0 bridgehead atoms. The molecule has 0 aliphatic carbocycles. The zero-order chi connectivity index (χ0) is 9.84. The SMILES string of the molecule is Cc1ncc(CCCO)c(C)c1O. The molecular formula is C10H15NO2. The molecule has 1 rings (SSSR count). The maximum Gasteiger partial charge on any atom is 0.139 e. The summed E-state index contributed by atoms with van der Waals surface area (Å²) in [5, 5.41) is 18.2. The number of aryl methyl sites for hydroxylation is 2. The van der Waals surface area contributed by atoms with Gasteiger partial charge in [-0.1, -0.05) is 0 Å². The van der Waals surface area contributed by atoms with Crippen LogP contribution >= 0.6 is 0 Å². The average Bonchev–Trinajstić information content (AvgIpc) is 2.13. The molecule has 2 N–H and O–H groups in total. The Bertz CT molecular complexity index is 297. The molecule has 0 saturated carbocycles. The van der Waals surface area contributed by atoms with E-state index in [9.17, 15) is 5.11 Å². The monoisotopic (exact) mass is 181 g/mol. The van der Waals surface area contributed by atoms with Gasteiger partial charge >= 0.3 is 0 Å². The van der Waals surface area contributed by atoms with Crippen molar-refractivity contribution in [2.24, 2.45) is 0 Å². The Balaban J connectivity index is 2.90. The highest BCUT2D eigenvalue weighted by Crippen LogP contribution is 2.22. The Morgan fingerprint density at radius 1 is 1.38 bits per heavy atom. The Morgan fingerprint density at radius 2 is 2.08 bits per heavy atom. The summed E-state index contributed by atoms with van der Waals surface area (Å²) in [5.41, 5.74) is 2.54. The third-order valence-electron chi connectivity index (χ3n) is 2.20. The Kier molecular flexibility index (Phi) is 3.25. The summed E-state index contributed by atoms with van der Waals surface area (Å²) in [5.74, 6) is 0.274. The van der Waals surface area contributed by atoms with Gasteiger partial charge in [-0.25, -0.2) is 0 Å². The lowest BCUT2D eigenvalue weighted by molar-refractivity contribution is 0.288. The van der Waals surface area contributed by atoms with E-state index in [-0.39, 0.29) is 12.4 Å². The van der Waals surface area contributed by atoms with E-state index in [0.29, 0.717) is 12.1 Å². The van der Waals surface area contributed by atoms with E-state index in [2.05, 4.69) is 4.98 Å². The average molecular weight is 181 g/mol. The molecule has 0 amide bonds. The first-order chi connectivity index (χ1) is 6.16. The van der Waals surface area contributed by atoms with Crippen LogP contribution in [0, 0.1) is 13.8 Å². The first kappa shape index (κ1) is 9.99. The molecule has 0 radical (unpaired) electrons. The third kappa shape index (κ3) is 2.18. The Morgan fingerprint density at radius 3 is 2.69 bits per heavy atom. The van der Waals surface area contributed by atoms with Crippen LogP contribution in [0.15, 0.2) is 6.20 Å². The van der Waals surface area contributed by atoms with Gasteiger partial charge in [-0.05, 0) is 37.8 Å². The second kappa shape index (κ2) is 4.23. The van der Waals surface area contributed by atoms with Crippen LogP contribution in [-0.2, 0) is 6.42 Å². The highest BCUT2D eigenvalue weighted by molar-refractivity contribution is 5.39. The predicted octanol–water partition coefficient (Wildman–Crippen LogP) is 1.33. The molecule has 0 aromatic carbocycles. The molecule has 1 aromatic heterocycles. The van der Waals surface area contributed by atoms with Gasteiger partial charge in [0, 0.05) is 12.8 Å². The fraction of sp³-hybridized carbons (Fsp3) is 0.500. The number of hydrogen-bond donors (Lipinski definition) is 2. The topological polar surface area (TPSA) is 53.4 Å². The van der Waals surface area contributed by atoms with Gasteiger partial charge in [-0.3, -0.25) is 4.98 Å². The van der Waals surface area contributed by atoms with Crippen LogP contribution in [0.5, 0.6) is 5.75 Å². The van der Waals surface area contributed by atoms with Crippen LogP contribution < -0.4 is 0 Å². The zero-order valence-corrected chi connectivity index (χ0v) is 8.04. The van der Waals surface area contributed by atoms with Gasteiger partial charge < -0.3 is 10.2 Å². The van der Waals surface area contributed by atoms with Gasteiger partial charge in [-0.15, -0.1) is 0 Å². The molecule has 0 unspecified atom stereocenters. The van der Waals surface area contributed by atoms with Gasteiger partial charge in [0.1, 0.15) is 5.75 Å². The lowest BCUT2D eigenvalue weighted by Crippen LogP contribution is -1.96. The van der Waals surface area contributed by atoms with Gasteiger partial charge in [0.2, 0.25) is 0 Å². The summed E-state index contributed by atoms with van der Waals surface area (Å²) in [6.07, 6.45) is 3.24. The standard InChI is InChI=1S/C10H15NO2/c1-7-9(4-3-5-12)6-11-8(2)10(7)13/h6,12-13H,3-5H2,1-2H3. The van der Waals surface area contributed by atoms with Crippen molar-refractivity contribution < 1.29 is 10.2 Å². The van der Waals surface area contributed by atoms with Crippen LogP contribution in [0.2, 0.25) is 0 Å².